The van der Waals surface area contributed by atoms with E-state index in [1.165, 1.54) is 5.56 Å². The van der Waals surface area contributed by atoms with Crippen LogP contribution in [0.2, 0.25) is 0 Å². The summed E-state index contributed by atoms with van der Waals surface area (Å²) in [6.07, 6.45) is 0.961. The summed E-state index contributed by atoms with van der Waals surface area (Å²) in [4.78, 5) is 11.2. The zero-order valence-corrected chi connectivity index (χ0v) is 13.6. The lowest BCUT2D eigenvalue weighted by atomic mass is 10.1. The highest BCUT2D eigenvalue weighted by molar-refractivity contribution is 9.10. The van der Waals surface area contributed by atoms with Gasteiger partial charge in [0.25, 0.3) is 0 Å². The summed E-state index contributed by atoms with van der Waals surface area (Å²) in [6, 6.07) is 16.1. The number of halogens is 1. The minimum atomic E-state index is -0.389. The Balaban J connectivity index is 1.89. The van der Waals surface area contributed by atoms with E-state index in [0.717, 1.165) is 23.0 Å². The summed E-state index contributed by atoms with van der Waals surface area (Å²) >= 11 is 3.44. The van der Waals surface area contributed by atoms with Crippen LogP contribution in [0.1, 0.15) is 28.4 Å². The molecule has 0 saturated carbocycles. The van der Waals surface area contributed by atoms with Crippen LogP contribution in [-0.4, -0.2) is 11.9 Å². The summed E-state index contributed by atoms with van der Waals surface area (Å²) in [5, 5.41) is 3.46. The maximum Gasteiger partial charge on any atom is 0.248 e. The Kier molecular flexibility index (Phi) is 5.53. The Labute approximate surface area is 133 Å². The van der Waals surface area contributed by atoms with Gasteiger partial charge in [0.15, 0.2) is 0 Å². The van der Waals surface area contributed by atoms with Crippen LogP contribution in [0.3, 0.4) is 0 Å². The van der Waals surface area contributed by atoms with Crippen LogP contribution < -0.4 is 11.1 Å². The summed E-state index contributed by atoms with van der Waals surface area (Å²) in [5.74, 6) is -0.389. The Morgan fingerprint density at radius 1 is 1.19 bits per heavy atom. The van der Waals surface area contributed by atoms with Crippen LogP contribution in [0.25, 0.3) is 0 Å². The molecule has 3 nitrogen and oxygen atoms in total. The molecule has 0 fully saturated rings. The number of rotatable bonds is 6. The summed E-state index contributed by atoms with van der Waals surface area (Å²) < 4.78 is 1.09. The van der Waals surface area contributed by atoms with Gasteiger partial charge in [0.05, 0.1) is 0 Å². The van der Waals surface area contributed by atoms with Crippen molar-refractivity contribution in [2.45, 2.75) is 25.9 Å². The lowest BCUT2D eigenvalue weighted by molar-refractivity contribution is 0.1000. The average Bonchev–Trinajstić information content (AvgIpc) is 2.48. The molecule has 1 atom stereocenters. The molecule has 0 spiro atoms. The molecule has 2 aromatic carbocycles. The first-order chi connectivity index (χ1) is 10.0. The van der Waals surface area contributed by atoms with E-state index in [2.05, 4.69) is 52.4 Å². The third-order valence-corrected chi connectivity index (χ3v) is 3.85. The minimum absolute atomic E-state index is 0.350. The van der Waals surface area contributed by atoms with Gasteiger partial charge < -0.3 is 11.1 Å². The van der Waals surface area contributed by atoms with E-state index in [-0.39, 0.29) is 5.91 Å². The van der Waals surface area contributed by atoms with Gasteiger partial charge in [-0.05, 0) is 48.7 Å². The Bertz CT molecular complexity index is 610. The number of benzene rings is 2. The van der Waals surface area contributed by atoms with Gasteiger partial charge in [-0.3, -0.25) is 4.79 Å². The van der Waals surface area contributed by atoms with Crippen molar-refractivity contribution in [2.75, 3.05) is 0 Å². The predicted octanol–water partition coefficient (Wildman–Crippen LogP) is 3.27. The number of nitrogens with two attached hydrogens (primary N) is 1. The van der Waals surface area contributed by atoms with Crippen LogP contribution in [0, 0.1) is 0 Å². The van der Waals surface area contributed by atoms with Crippen molar-refractivity contribution < 1.29 is 4.79 Å². The lowest BCUT2D eigenvalue weighted by Gasteiger charge is -2.14. The highest BCUT2D eigenvalue weighted by Gasteiger charge is 2.05. The van der Waals surface area contributed by atoms with E-state index in [1.807, 2.05) is 18.2 Å². The van der Waals surface area contributed by atoms with Gasteiger partial charge in [0.1, 0.15) is 0 Å². The topological polar surface area (TPSA) is 55.1 Å². The van der Waals surface area contributed by atoms with Gasteiger partial charge in [-0.15, -0.1) is 0 Å². The molecule has 0 aromatic heterocycles. The molecule has 0 aliphatic carbocycles. The van der Waals surface area contributed by atoms with Crippen molar-refractivity contribution in [3.05, 3.63) is 69.7 Å². The molecule has 0 aliphatic heterocycles. The van der Waals surface area contributed by atoms with Gasteiger partial charge in [0.2, 0.25) is 5.91 Å². The first kappa shape index (κ1) is 15.7. The molecule has 2 rings (SSSR count). The Morgan fingerprint density at radius 3 is 2.57 bits per heavy atom. The first-order valence-electron chi connectivity index (χ1n) is 6.91. The summed E-state index contributed by atoms with van der Waals surface area (Å²) in [5.41, 5.74) is 8.20. The fraction of sp³-hybridized carbons (Fsp3) is 0.235. The van der Waals surface area contributed by atoms with Gasteiger partial charge in [-0.25, -0.2) is 0 Å². The zero-order chi connectivity index (χ0) is 15.2. The SMILES string of the molecule is CC(Cc1ccc(Br)cc1)NCc1cccc(C(N)=O)c1. The van der Waals surface area contributed by atoms with E-state index >= 15 is 0 Å². The molecule has 110 valence electrons. The number of amides is 1. The molecule has 0 saturated heterocycles. The number of hydrogen-bond donors (Lipinski definition) is 2. The third-order valence-electron chi connectivity index (χ3n) is 3.32. The number of carbonyl (C=O) groups excluding carboxylic acids is 1. The van der Waals surface area contributed by atoms with Crippen molar-refractivity contribution in [1.82, 2.24) is 5.32 Å². The van der Waals surface area contributed by atoms with Gasteiger partial charge >= 0.3 is 0 Å². The average molecular weight is 347 g/mol. The molecular formula is C17H19BrN2O. The Morgan fingerprint density at radius 2 is 1.90 bits per heavy atom. The predicted molar refractivity (Wildman–Crippen MR) is 89.1 cm³/mol. The third kappa shape index (κ3) is 4.99. The van der Waals surface area contributed by atoms with Crippen LogP contribution in [-0.2, 0) is 13.0 Å². The summed E-state index contributed by atoms with van der Waals surface area (Å²) in [7, 11) is 0. The second kappa shape index (κ2) is 7.38. The van der Waals surface area contributed by atoms with Crippen LogP contribution in [0.15, 0.2) is 53.0 Å². The molecule has 1 unspecified atom stereocenters. The second-order valence-electron chi connectivity index (χ2n) is 5.18. The zero-order valence-electron chi connectivity index (χ0n) is 12.0. The highest BCUT2D eigenvalue weighted by atomic mass is 79.9. The molecule has 0 aliphatic rings. The fourth-order valence-electron chi connectivity index (χ4n) is 2.17. The quantitative estimate of drug-likeness (QED) is 0.843. The summed E-state index contributed by atoms with van der Waals surface area (Å²) in [6.45, 7) is 2.87. The normalized spacial score (nSPS) is 12.1. The molecule has 4 heteroatoms. The second-order valence-corrected chi connectivity index (χ2v) is 6.09. The number of nitrogens with one attached hydrogen (secondary N) is 1. The van der Waals surface area contributed by atoms with Crippen molar-refractivity contribution in [1.29, 1.82) is 0 Å². The molecule has 2 aromatic rings. The highest BCUT2D eigenvalue weighted by Crippen LogP contribution is 2.12. The standard InChI is InChI=1S/C17H19BrN2O/c1-12(9-13-5-7-16(18)8-6-13)20-11-14-3-2-4-15(10-14)17(19)21/h2-8,10,12,20H,9,11H2,1H3,(H2,19,21). The number of hydrogen-bond acceptors (Lipinski definition) is 2. The van der Waals surface area contributed by atoms with Crippen LogP contribution in [0.4, 0.5) is 0 Å². The van der Waals surface area contributed by atoms with Gasteiger partial charge in [-0.2, -0.15) is 0 Å². The molecule has 0 radical (unpaired) electrons. The monoisotopic (exact) mass is 346 g/mol. The van der Waals surface area contributed by atoms with Crippen molar-refractivity contribution >= 4 is 21.8 Å². The maximum atomic E-state index is 11.2. The van der Waals surface area contributed by atoms with Crippen LogP contribution >= 0.6 is 15.9 Å². The van der Waals surface area contributed by atoms with Crippen molar-refractivity contribution in [3.8, 4) is 0 Å². The van der Waals surface area contributed by atoms with E-state index in [4.69, 9.17) is 5.73 Å². The minimum Gasteiger partial charge on any atom is -0.366 e. The first-order valence-corrected chi connectivity index (χ1v) is 7.70. The van der Waals surface area contributed by atoms with E-state index < -0.39 is 0 Å². The maximum absolute atomic E-state index is 11.2. The molecule has 0 bridgehead atoms. The van der Waals surface area contributed by atoms with E-state index in [9.17, 15) is 4.79 Å². The molecule has 21 heavy (non-hydrogen) atoms. The lowest BCUT2D eigenvalue weighted by Crippen LogP contribution is -2.27. The molecule has 3 N–H and O–H groups in total. The largest absolute Gasteiger partial charge is 0.366 e. The smallest absolute Gasteiger partial charge is 0.248 e. The molecular weight excluding hydrogens is 328 g/mol. The van der Waals surface area contributed by atoms with E-state index in [1.54, 1.807) is 6.07 Å². The molecule has 0 heterocycles. The van der Waals surface area contributed by atoms with Crippen LogP contribution in [0.5, 0.6) is 0 Å². The number of primary amides is 1. The fourth-order valence-corrected chi connectivity index (χ4v) is 2.44. The molecule has 1 amide bonds. The van der Waals surface area contributed by atoms with Crippen molar-refractivity contribution in [2.24, 2.45) is 5.73 Å². The Hall–Kier alpha value is -1.65. The van der Waals surface area contributed by atoms with Gasteiger partial charge in [-0.1, -0.05) is 40.2 Å². The van der Waals surface area contributed by atoms with Crippen molar-refractivity contribution in [3.63, 3.8) is 0 Å². The van der Waals surface area contributed by atoms with Gasteiger partial charge in [0, 0.05) is 22.6 Å². The number of carbonyl (C=O) groups is 1. The van der Waals surface area contributed by atoms with E-state index in [0.29, 0.717) is 11.6 Å².